The molecule has 0 radical (unpaired) electrons. The third-order valence-corrected chi connectivity index (χ3v) is 4.00. The summed E-state index contributed by atoms with van der Waals surface area (Å²) in [6.45, 7) is 5.53. The molecule has 1 aromatic heterocycles. The van der Waals surface area contributed by atoms with E-state index in [2.05, 4.69) is 22.0 Å². The molecule has 0 spiro atoms. The molecule has 1 aromatic rings. The topological polar surface area (TPSA) is 62.4 Å². The predicted octanol–water partition coefficient (Wildman–Crippen LogP) is 2.00. The van der Waals surface area contributed by atoms with Gasteiger partial charge in [-0.15, -0.1) is 0 Å². The van der Waals surface area contributed by atoms with Crippen LogP contribution in [-0.2, 0) is 13.0 Å². The van der Waals surface area contributed by atoms with Crippen LogP contribution in [0.2, 0.25) is 0 Å². The molecule has 0 atom stereocenters. The van der Waals surface area contributed by atoms with Crippen LogP contribution in [0.3, 0.4) is 0 Å². The van der Waals surface area contributed by atoms with Gasteiger partial charge in [-0.25, -0.2) is 0 Å². The van der Waals surface area contributed by atoms with E-state index < -0.39 is 5.60 Å². The predicted molar refractivity (Wildman–Crippen MR) is 72.6 cm³/mol. The quantitative estimate of drug-likeness (QED) is 0.884. The first-order valence-electron chi connectivity index (χ1n) is 7.23. The summed E-state index contributed by atoms with van der Waals surface area (Å²) in [5.74, 6) is 2.12. The Hall–Kier alpha value is -0.940. The molecule has 1 aliphatic rings. The van der Waals surface area contributed by atoms with E-state index >= 15 is 0 Å². The minimum atomic E-state index is -0.547. The Kier molecular flexibility index (Phi) is 4.58. The second-order valence-corrected chi connectivity index (χ2v) is 6.04. The van der Waals surface area contributed by atoms with E-state index in [9.17, 15) is 5.11 Å². The maximum Gasteiger partial charge on any atom is 0.240 e. The standard InChI is InChI=1S/C14H25N3O2/c1-4-12-15-13(19-16-12)9-17(3)10-14(18)7-5-11(2)6-8-14/h11,18H,4-10H2,1-3H3. The molecule has 1 fully saturated rings. The lowest BCUT2D eigenvalue weighted by Crippen LogP contribution is -2.43. The molecule has 1 saturated carbocycles. The molecule has 1 heterocycles. The van der Waals surface area contributed by atoms with Crippen LogP contribution in [0.15, 0.2) is 4.52 Å². The van der Waals surface area contributed by atoms with E-state index in [0.717, 1.165) is 43.8 Å². The zero-order valence-corrected chi connectivity index (χ0v) is 12.2. The van der Waals surface area contributed by atoms with Gasteiger partial charge in [0.15, 0.2) is 5.82 Å². The summed E-state index contributed by atoms with van der Waals surface area (Å²) in [6, 6.07) is 0. The van der Waals surface area contributed by atoms with Gasteiger partial charge in [0.05, 0.1) is 12.1 Å². The summed E-state index contributed by atoms with van der Waals surface area (Å²) in [5.41, 5.74) is -0.547. The highest BCUT2D eigenvalue weighted by Crippen LogP contribution is 2.32. The number of rotatable bonds is 5. The molecule has 5 heteroatoms. The summed E-state index contributed by atoms with van der Waals surface area (Å²) in [5, 5.41) is 14.5. The van der Waals surface area contributed by atoms with Gasteiger partial charge < -0.3 is 9.63 Å². The average Bonchev–Trinajstić information content (AvgIpc) is 2.80. The monoisotopic (exact) mass is 267 g/mol. The second-order valence-electron chi connectivity index (χ2n) is 6.04. The molecule has 19 heavy (non-hydrogen) atoms. The number of hydrogen-bond acceptors (Lipinski definition) is 5. The van der Waals surface area contributed by atoms with Gasteiger partial charge in [0.2, 0.25) is 5.89 Å². The van der Waals surface area contributed by atoms with E-state index in [1.54, 1.807) is 0 Å². The van der Waals surface area contributed by atoms with Crippen molar-refractivity contribution in [1.82, 2.24) is 15.0 Å². The summed E-state index contributed by atoms with van der Waals surface area (Å²) < 4.78 is 5.18. The van der Waals surface area contributed by atoms with Crippen LogP contribution < -0.4 is 0 Å². The summed E-state index contributed by atoms with van der Waals surface area (Å²) in [7, 11) is 1.99. The third kappa shape index (κ3) is 4.01. The molecular formula is C14H25N3O2. The molecule has 108 valence electrons. The number of aryl methyl sites for hydroxylation is 1. The maximum atomic E-state index is 10.6. The fraction of sp³-hybridized carbons (Fsp3) is 0.857. The molecule has 0 unspecified atom stereocenters. The van der Waals surface area contributed by atoms with Gasteiger partial charge in [-0.3, -0.25) is 4.90 Å². The fourth-order valence-corrected chi connectivity index (χ4v) is 2.74. The van der Waals surface area contributed by atoms with E-state index in [1.165, 1.54) is 0 Å². The maximum absolute atomic E-state index is 10.6. The first-order valence-corrected chi connectivity index (χ1v) is 7.23. The Morgan fingerprint density at radius 1 is 1.42 bits per heavy atom. The van der Waals surface area contributed by atoms with Crippen molar-refractivity contribution in [1.29, 1.82) is 0 Å². The van der Waals surface area contributed by atoms with Crippen LogP contribution in [0.4, 0.5) is 0 Å². The fourth-order valence-electron chi connectivity index (χ4n) is 2.74. The SMILES string of the molecule is CCc1noc(CN(C)CC2(O)CCC(C)CC2)n1. The number of aromatic nitrogens is 2. The minimum Gasteiger partial charge on any atom is -0.389 e. The van der Waals surface area contributed by atoms with Crippen molar-refractivity contribution in [3.8, 4) is 0 Å². The van der Waals surface area contributed by atoms with Gasteiger partial charge in [-0.2, -0.15) is 4.98 Å². The first kappa shape index (κ1) is 14.5. The number of aliphatic hydroxyl groups is 1. The largest absolute Gasteiger partial charge is 0.389 e. The summed E-state index contributed by atoms with van der Waals surface area (Å²) in [6.07, 6.45) is 4.80. The van der Waals surface area contributed by atoms with Crippen molar-refractivity contribution in [3.05, 3.63) is 11.7 Å². The molecule has 0 aromatic carbocycles. The van der Waals surface area contributed by atoms with Crippen molar-refractivity contribution in [3.63, 3.8) is 0 Å². The van der Waals surface area contributed by atoms with Gasteiger partial charge in [-0.1, -0.05) is 19.0 Å². The van der Waals surface area contributed by atoms with E-state index in [-0.39, 0.29) is 0 Å². The molecule has 1 N–H and O–H groups in total. The Labute approximate surface area is 115 Å². The Balaban J connectivity index is 1.85. The molecule has 0 saturated heterocycles. The minimum absolute atomic E-state index is 0.547. The first-order chi connectivity index (χ1) is 9.00. The highest BCUT2D eigenvalue weighted by molar-refractivity contribution is 4.89. The lowest BCUT2D eigenvalue weighted by Gasteiger charge is -2.37. The average molecular weight is 267 g/mol. The van der Waals surface area contributed by atoms with Crippen molar-refractivity contribution >= 4 is 0 Å². The van der Waals surface area contributed by atoms with Gasteiger partial charge >= 0.3 is 0 Å². The van der Waals surface area contributed by atoms with Crippen molar-refractivity contribution in [2.24, 2.45) is 5.92 Å². The van der Waals surface area contributed by atoms with Crippen molar-refractivity contribution < 1.29 is 9.63 Å². The highest BCUT2D eigenvalue weighted by atomic mass is 16.5. The molecule has 2 rings (SSSR count). The molecule has 0 bridgehead atoms. The molecule has 0 amide bonds. The van der Waals surface area contributed by atoms with E-state index in [0.29, 0.717) is 19.0 Å². The third-order valence-electron chi connectivity index (χ3n) is 4.00. The Morgan fingerprint density at radius 2 is 2.11 bits per heavy atom. The summed E-state index contributed by atoms with van der Waals surface area (Å²) in [4.78, 5) is 6.37. The Morgan fingerprint density at radius 3 is 2.68 bits per heavy atom. The lowest BCUT2D eigenvalue weighted by atomic mass is 9.79. The van der Waals surface area contributed by atoms with Gasteiger partial charge in [-0.05, 0) is 38.6 Å². The summed E-state index contributed by atoms with van der Waals surface area (Å²) >= 11 is 0. The molecule has 1 aliphatic carbocycles. The Bertz CT molecular complexity index is 397. The smallest absolute Gasteiger partial charge is 0.240 e. The highest BCUT2D eigenvalue weighted by Gasteiger charge is 2.33. The van der Waals surface area contributed by atoms with Crippen molar-refractivity contribution in [2.45, 2.75) is 58.1 Å². The van der Waals surface area contributed by atoms with Gasteiger partial charge in [0, 0.05) is 13.0 Å². The zero-order valence-electron chi connectivity index (χ0n) is 12.2. The van der Waals surface area contributed by atoms with Crippen LogP contribution >= 0.6 is 0 Å². The van der Waals surface area contributed by atoms with Crippen LogP contribution in [0.5, 0.6) is 0 Å². The normalized spacial score (nSPS) is 27.9. The lowest BCUT2D eigenvalue weighted by molar-refractivity contribution is -0.0328. The van der Waals surface area contributed by atoms with Gasteiger partial charge in [0.25, 0.3) is 0 Å². The molecule has 5 nitrogen and oxygen atoms in total. The molecule has 0 aliphatic heterocycles. The second kappa shape index (κ2) is 6.01. The van der Waals surface area contributed by atoms with Crippen LogP contribution in [-0.4, -0.2) is 39.3 Å². The van der Waals surface area contributed by atoms with Crippen molar-refractivity contribution in [2.75, 3.05) is 13.6 Å². The zero-order chi connectivity index (χ0) is 13.9. The van der Waals surface area contributed by atoms with E-state index in [4.69, 9.17) is 4.52 Å². The number of hydrogen-bond donors (Lipinski definition) is 1. The number of likely N-dealkylation sites (N-methyl/N-ethyl adjacent to an activating group) is 1. The molecular weight excluding hydrogens is 242 g/mol. The van der Waals surface area contributed by atoms with Crippen LogP contribution in [0.1, 0.15) is 51.2 Å². The van der Waals surface area contributed by atoms with Gasteiger partial charge in [0.1, 0.15) is 0 Å². The van der Waals surface area contributed by atoms with Crippen LogP contribution in [0, 0.1) is 5.92 Å². The van der Waals surface area contributed by atoms with Crippen LogP contribution in [0.25, 0.3) is 0 Å². The number of nitrogens with zero attached hydrogens (tertiary/aromatic N) is 3. The van der Waals surface area contributed by atoms with E-state index in [1.807, 2.05) is 14.0 Å².